The number of nitrogens with zero attached hydrogens (tertiary/aromatic N) is 2. The van der Waals surface area contributed by atoms with Crippen molar-refractivity contribution in [3.05, 3.63) is 74.8 Å². The standard InChI is InChI=1S/C21H19ClF3N3O2/c1-11(2)18-26-17-10-14(21(23,24)25)6-9-16(17)20(30)28(18)27-19(29)12(3)13-4-7-15(22)8-5-13/h4-12H,1-3H3,(H,27,29). The van der Waals surface area contributed by atoms with E-state index in [0.717, 1.165) is 22.9 Å². The first-order chi connectivity index (χ1) is 14.0. The maximum absolute atomic E-state index is 13.0. The van der Waals surface area contributed by atoms with Crippen LogP contribution in [0.25, 0.3) is 10.9 Å². The summed E-state index contributed by atoms with van der Waals surface area (Å²) in [6.45, 7) is 5.13. The minimum absolute atomic E-state index is 0.0214. The van der Waals surface area contributed by atoms with E-state index < -0.39 is 29.1 Å². The van der Waals surface area contributed by atoms with Gasteiger partial charge in [0.25, 0.3) is 5.56 Å². The van der Waals surface area contributed by atoms with Gasteiger partial charge in [0.05, 0.1) is 22.4 Å². The maximum atomic E-state index is 13.0. The molecule has 1 heterocycles. The number of carbonyl (C=O) groups is 1. The van der Waals surface area contributed by atoms with E-state index in [1.165, 1.54) is 0 Å². The molecule has 3 aromatic rings. The van der Waals surface area contributed by atoms with Crippen molar-refractivity contribution < 1.29 is 18.0 Å². The molecule has 3 rings (SSSR count). The fraction of sp³-hybridized carbons (Fsp3) is 0.286. The summed E-state index contributed by atoms with van der Waals surface area (Å²) in [5, 5.41) is 0.508. The molecule has 0 radical (unpaired) electrons. The van der Waals surface area contributed by atoms with Gasteiger partial charge in [-0.1, -0.05) is 37.6 Å². The Balaban J connectivity index is 2.05. The Bertz CT molecular complexity index is 1160. The molecular weight excluding hydrogens is 419 g/mol. The lowest BCUT2D eigenvalue weighted by Crippen LogP contribution is -2.38. The molecule has 0 aliphatic carbocycles. The highest BCUT2D eigenvalue weighted by atomic mass is 35.5. The summed E-state index contributed by atoms with van der Waals surface area (Å²) in [7, 11) is 0. The van der Waals surface area contributed by atoms with Crippen LogP contribution in [0.2, 0.25) is 5.02 Å². The summed E-state index contributed by atoms with van der Waals surface area (Å²) in [5.74, 6) is -1.24. The summed E-state index contributed by atoms with van der Waals surface area (Å²) in [5.41, 5.74) is 1.64. The predicted molar refractivity (Wildman–Crippen MR) is 109 cm³/mol. The van der Waals surface area contributed by atoms with Crippen molar-refractivity contribution in [3.63, 3.8) is 0 Å². The molecule has 0 bridgehead atoms. The number of hydrogen-bond acceptors (Lipinski definition) is 3. The van der Waals surface area contributed by atoms with Gasteiger partial charge in [-0.25, -0.2) is 9.66 Å². The van der Waals surface area contributed by atoms with E-state index in [-0.39, 0.29) is 22.6 Å². The third kappa shape index (κ3) is 4.33. The Labute approximate surface area is 175 Å². The van der Waals surface area contributed by atoms with Crippen molar-refractivity contribution in [2.75, 3.05) is 5.43 Å². The zero-order valence-corrected chi connectivity index (χ0v) is 17.2. The van der Waals surface area contributed by atoms with Crippen LogP contribution in [0, 0.1) is 0 Å². The van der Waals surface area contributed by atoms with Crippen LogP contribution in [0.15, 0.2) is 47.3 Å². The van der Waals surface area contributed by atoms with Gasteiger partial charge >= 0.3 is 6.18 Å². The van der Waals surface area contributed by atoms with E-state index in [1.807, 2.05) is 0 Å². The molecule has 0 aliphatic heterocycles. The molecular formula is C21H19ClF3N3O2. The summed E-state index contributed by atoms with van der Waals surface area (Å²) in [6.07, 6.45) is -4.55. The van der Waals surface area contributed by atoms with Gasteiger partial charge in [-0.3, -0.25) is 15.0 Å². The molecule has 1 amide bonds. The number of rotatable bonds is 4. The molecule has 1 N–H and O–H groups in total. The smallest absolute Gasteiger partial charge is 0.273 e. The molecule has 158 valence electrons. The highest BCUT2D eigenvalue weighted by Crippen LogP contribution is 2.30. The topological polar surface area (TPSA) is 64.0 Å². The Hall–Kier alpha value is -2.87. The number of carbonyl (C=O) groups excluding carboxylic acids is 1. The maximum Gasteiger partial charge on any atom is 0.416 e. The van der Waals surface area contributed by atoms with Gasteiger partial charge in [-0.2, -0.15) is 13.2 Å². The zero-order valence-electron chi connectivity index (χ0n) is 16.4. The number of alkyl halides is 3. The fourth-order valence-corrected chi connectivity index (χ4v) is 3.11. The van der Waals surface area contributed by atoms with Crippen molar-refractivity contribution in [1.82, 2.24) is 9.66 Å². The van der Waals surface area contributed by atoms with Crippen molar-refractivity contribution in [1.29, 1.82) is 0 Å². The van der Waals surface area contributed by atoms with Crippen LogP contribution < -0.4 is 11.0 Å². The van der Waals surface area contributed by atoms with Crippen molar-refractivity contribution >= 4 is 28.4 Å². The highest BCUT2D eigenvalue weighted by Gasteiger charge is 2.31. The lowest BCUT2D eigenvalue weighted by Gasteiger charge is -2.19. The van der Waals surface area contributed by atoms with Crippen LogP contribution in [0.5, 0.6) is 0 Å². The number of aromatic nitrogens is 2. The average Bonchev–Trinajstić information content (AvgIpc) is 2.68. The number of fused-ring (bicyclic) bond motifs is 1. The number of hydrogen-bond donors (Lipinski definition) is 1. The number of benzene rings is 2. The Morgan fingerprint density at radius 2 is 1.73 bits per heavy atom. The van der Waals surface area contributed by atoms with E-state index in [4.69, 9.17) is 11.6 Å². The second-order valence-electron chi connectivity index (χ2n) is 7.24. The quantitative estimate of drug-likeness (QED) is 0.620. The number of amides is 1. The minimum Gasteiger partial charge on any atom is -0.273 e. The first kappa shape index (κ1) is 21.8. The molecule has 0 saturated heterocycles. The van der Waals surface area contributed by atoms with Crippen LogP contribution in [0.4, 0.5) is 13.2 Å². The molecule has 30 heavy (non-hydrogen) atoms. The third-order valence-corrected chi connectivity index (χ3v) is 4.98. The zero-order chi connectivity index (χ0) is 22.2. The van der Waals surface area contributed by atoms with Gasteiger partial charge in [-0.05, 0) is 42.8 Å². The van der Waals surface area contributed by atoms with Gasteiger partial charge in [0, 0.05) is 10.9 Å². The molecule has 1 aromatic heterocycles. The summed E-state index contributed by atoms with van der Waals surface area (Å²) >= 11 is 5.87. The van der Waals surface area contributed by atoms with Crippen LogP contribution in [-0.4, -0.2) is 15.6 Å². The Morgan fingerprint density at radius 1 is 1.10 bits per heavy atom. The lowest BCUT2D eigenvalue weighted by atomic mass is 10.0. The van der Waals surface area contributed by atoms with E-state index in [0.29, 0.717) is 10.6 Å². The molecule has 5 nitrogen and oxygen atoms in total. The molecule has 1 atom stereocenters. The van der Waals surface area contributed by atoms with Gasteiger partial charge < -0.3 is 0 Å². The summed E-state index contributed by atoms with van der Waals surface area (Å²) in [6, 6.07) is 9.45. The monoisotopic (exact) mass is 437 g/mol. The Morgan fingerprint density at radius 3 is 2.30 bits per heavy atom. The summed E-state index contributed by atoms with van der Waals surface area (Å²) in [4.78, 5) is 30.0. The molecule has 2 aromatic carbocycles. The average molecular weight is 438 g/mol. The SMILES string of the molecule is CC(C)c1nc2cc(C(F)(F)F)ccc2c(=O)n1NC(=O)C(C)c1ccc(Cl)cc1. The highest BCUT2D eigenvalue weighted by molar-refractivity contribution is 6.30. The summed E-state index contributed by atoms with van der Waals surface area (Å²) < 4.78 is 40.1. The van der Waals surface area contributed by atoms with Crippen LogP contribution in [-0.2, 0) is 11.0 Å². The van der Waals surface area contributed by atoms with Crippen molar-refractivity contribution in [2.24, 2.45) is 0 Å². The molecule has 0 spiro atoms. The first-order valence-corrected chi connectivity index (χ1v) is 9.57. The number of nitrogens with one attached hydrogen (secondary N) is 1. The molecule has 9 heteroatoms. The van der Waals surface area contributed by atoms with Crippen LogP contribution in [0.1, 0.15) is 49.6 Å². The van der Waals surface area contributed by atoms with Crippen molar-refractivity contribution in [3.8, 4) is 0 Å². The predicted octanol–water partition coefficient (Wildman–Crippen LogP) is 5.07. The largest absolute Gasteiger partial charge is 0.416 e. The fourth-order valence-electron chi connectivity index (χ4n) is 2.98. The molecule has 0 aliphatic rings. The lowest BCUT2D eigenvalue weighted by molar-refractivity contribution is -0.137. The minimum atomic E-state index is -4.55. The van der Waals surface area contributed by atoms with E-state index in [2.05, 4.69) is 10.4 Å². The van der Waals surface area contributed by atoms with Gasteiger partial charge in [0.2, 0.25) is 5.91 Å². The number of halogens is 4. The molecule has 0 saturated carbocycles. The van der Waals surface area contributed by atoms with Gasteiger partial charge in [0.1, 0.15) is 5.82 Å². The van der Waals surface area contributed by atoms with Crippen LogP contribution >= 0.6 is 11.6 Å². The van der Waals surface area contributed by atoms with E-state index in [1.54, 1.807) is 45.0 Å². The molecule has 1 unspecified atom stereocenters. The normalized spacial score (nSPS) is 12.9. The third-order valence-electron chi connectivity index (χ3n) is 4.72. The second-order valence-corrected chi connectivity index (χ2v) is 7.68. The van der Waals surface area contributed by atoms with Gasteiger partial charge in [0.15, 0.2) is 0 Å². The van der Waals surface area contributed by atoms with Gasteiger partial charge in [-0.15, -0.1) is 0 Å². The Kier molecular flexibility index (Phi) is 5.90. The molecule has 0 fully saturated rings. The van der Waals surface area contributed by atoms with E-state index >= 15 is 0 Å². The van der Waals surface area contributed by atoms with Crippen LogP contribution in [0.3, 0.4) is 0 Å². The van der Waals surface area contributed by atoms with E-state index in [9.17, 15) is 22.8 Å². The first-order valence-electron chi connectivity index (χ1n) is 9.19. The second kappa shape index (κ2) is 8.10. The van der Waals surface area contributed by atoms with Crippen molar-refractivity contribution in [2.45, 2.75) is 38.8 Å².